The van der Waals surface area contributed by atoms with Crippen LogP contribution in [0.2, 0.25) is 0 Å². The van der Waals surface area contributed by atoms with Gasteiger partial charge in [0, 0.05) is 11.1 Å². The van der Waals surface area contributed by atoms with E-state index in [0.29, 0.717) is 17.0 Å². The summed E-state index contributed by atoms with van der Waals surface area (Å²) in [5.41, 5.74) is -0.585. The lowest BCUT2D eigenvalue weighted by atomic mass is 9.67. The highest BCUT2D eigenvalue weighted by molar-refractivity contribution is 6.14. The molecule has 1 unspecified atom stereocenters. The van der Waals surface area contributed by atoms with Crippen molar-refractivity contribution in [3.05, 3.63) is 102 Å². The second-order valence-electron chi connectivity index (χ2n) is 8.47. The van der Waals surface area contributed by atoms with Crippen LogP contribution in [0.5, 0.6) is 5.75 Å². The summed E-state index contributed by atoms with van der Waals surface area (Å²) in [4.78, 5) is 32.3. The van der Waals surface area contributed by atoms with Gasteiger partial charge in [-0.25, -0.2) is 4.79 Å². The molecule has 0 spiro atoms. The third kappa shape index (κ3) is 4.97. The minimum atomic E-state index is -1.76. The fourth-order valence-electron chi connectivity index (χ4n) is 4.08. The fourth-order valence-corrected chi connectivity index (χ4v) is 4.08. The molecule has 0 aromatic heterocycles. The van der Waals surface area contributed by atoms with Crippen LogP contribution in [0.15, 0.2) is 89.9 Å². The summed E-state index contributed by atoms with van der Waals surface area (Å²) in [6.07, 6.45) is 0. The Bertz CT molecular complexity index is 1130. The molecule has 0 amide bonds. The van der Waals surface area contributed by atoms with Crippen molar-refractivity contribution in [3.8, 4) is 5.75 Å². The molecule has 3 aromatic carbocycles. The maximum absolute atomic E-state index is 13.8. The fraction of sp³-hybridized carbons (Fsp3) is 0.276. The van der Waals surface area contributed by atoms with Crippen LogP contribution in [0.25, 0.3) is 0 Å². The van der Waals surface area contributed by atoms with Crippen molar-refractivity contribution in [1.29, 1.82) is 0 Å². The van der Waals surface area contributed by atoms with Crippen LogP contribution in [0.1, 0.15) is 37.5 Å². The highest BCUT2D eigenvalue weighted by atomic mass is 16.5. The van der Waals surface area contributed by atoms with E-state index in [4.69, 9.17) is 19.2 Å². The molecule has 0 aliphatic carbocycles. The van der Waals surface area contributed by atoms with Crippen LogP contribution in [-0.2, 0) is 24.6 Å². The second kappa shape index (κ2) is 11.0. The molecule has 3 aromatic rings. The van der Waals surface area contributed by atoms with Gasteiger partial charge in [0.05, 0.1) is 26.5 Å². The molecule has 0 aliphatic rings. The van der Waals surface area contributed by atoms with Gasteiger partial charge in [-0.15, -0.1) is 0 Å². The van der Waals surface area contributed by atoms with Crippen LogP contribution < -0.4 is 4.74 Å². The number of carbonyl (C=O) groups is 2. The van der Waals surface area contributed by atoms with Crippen LogP contribution in [0.3, 0.4) is 0 Å². The van der Waals surface area contributed by atoms with Gasteiger partial charge in [-0.3, -0.25) is 9.79 Å². The van der Waals surface area contributed by atoms with Crippen molar-refractivity contribution in [2.24, 2.45) is 10.4 Å². The number of nitrogens with zero attached hydrogens (tertiary/aromatic N) is 1. The zero-order valence-electron chi connectivity index (χ0n) is 20.8. The van der Waals surface area contributed by atoms with Crippen molar-refractivity contribution in [3.63, 3.8) is 0 Å². The van der Waals surface area contributed by atoms with E-state index in [2.05, 4.69) is 0 Å². The molecule has 0 radical (unpaired) electrons. The van der Waals surface area contributed by atoms with E-state index >= 15 is 0 Å². The SMILES string of the molecule is CCOC(=O)C(C)(C)C(N=C(c1ccccc1)c1ccccc1)(C(=O)OC)c1ccc(OC)cc1. The molecule has 0 N–H and O–H groups in total. The van der Waals surface area contributed by atoms with Crippen molar-refractivity contribution < 1.29 is 23.8 Å². The van der Waals surface area contributed by atoms with Gasteiger partial charge in [-0.1, -0.05) is 72.8 Å². The first-order valence-corrected chi connectivity index (χ1v) is 11.4. The molecule has 0 heterocycles. The van der Waals surface area contributed by atoms with E-state index < -0.39 is 22.9 Å². The van der Waals surface area contributed by atoms with Gasteiger partial charge < -0.3 is 14.2 Å². The highest BCUT2D eigenvalue weighted by Crippen LogP contribution is 2.46. The van der Waals surface area contributed by atoms with Crippen LogP contribution in [-0.4, -0.2) is 38.5 Å². The Hall–Kier alpha value is -3.93. The molecule has 1 atom stereocenters. The first kappa shape index (κ1) is 25.7. The summed E-state index contributed by atoms with van der Waals surface area (Å²) in [6.45, 7) is 5.20. The summed E-state index contributed by atoms with van der Waals surface area (Å²) in [6, 6.07) is 26.0. The minimum absolute atomic E-state index is 0.163. The average molecular weight is 474 g/mol. The van der Waals surface area contributed by atoms with Gasteiger partial charge in [-0.05, 0) is 38.5 Å². The number of aliphatic imine (C=N–C) groups is 1. The first-order chi connectivity index (χ1) is 16.8. The number of hydrogen-bond donors (Lipinski definition) is 0. The Labute approximate surface area is 206 Å². The maximum Gasteiger partial charge on any atom is 0.339 e. The van der Waals surface area contributed by atoms with E-state index in [1.807, 2.05) is 60.7 Å². The van der Waals surface area contributed by atoms with E-state index in [0.717, 1.165) is 11.1 Å². The topological polar surface area (TPSA) is 74.2 Å². The van der Waals surface area contributed by atoms with Crippen LogP contribution in [0, 0.1) is 5.41 Å². The standard InChI is InChI=1S/C29H31NO5/c1-6-35-26(31)28(2,3)29(27(32)34-5,23-17-19-24(33-4)20-18-23)30-25(21-13-9-7-10-14-21)22-15-11-8-12-16-22/h7-20H,6H2,1-5H3. The van der Waals surface area contributed by atoms with Gasteiger partial charge in [0.1, 0.15) is 11.2 Å². The molecule has 6 nitrogen and oxygen atoms in total. The van der Waals surface area contributed by atoms with Crippen LogP contribution >= 0.6 is 0 Å². The number of esters is 2. The van der Waals surface area contributed by atoms with Gasteiger partial charge in [0.2, 0.25) is 0 Å². The molecule has 182 valence electrons. The van der Waals surface area contributed by atoms with Gasteiger partial charge >= 0.3 is 11.9 Å². The maximum atomic E-state index is 13.8. The molecule has 0 fully saturated rings. The lowest BCUT2D eigenvalue weighted by molar-refractivity contribution is -0.168. The molecular formula is C29H31NO5. The monoisotopic (exact) mass is 473 g/mol. The molecule has 0 saturated carbocycles. The van der Waals surface area contributed by atoms with E-state index in [1.54, 1.807) is 52.1 Å². The van der Waals surface area contributed by atoms with E-state index in [9.17, 15) is 9.59 Å². The third-order valence-electron chi connectivity index (χ3n) is 6.05. The number of ether oxygens (including phenoxy) is 3. The Morgan fingerprint density at radius 1 is 0.771 bits per heavy atom. The van der Waals surface area contributed by atoms with Crippen molar-refractivity contribution >= 4 is 17.7 Å². The van der Waals surface area contributed by atoms with E-state index in [-0.39, 0.29) is 6.61 Å². The lowest BCUT2D eigenvalue weighted by Gasteiger charge is -2.40. The molecular weight excluding hydrogens is 442 g/mol. The predicted molar refractivity (Wildman–Crippen MR) is 136 cm³/mol. The highest BCUT2D eigenvalue weighted by Gasteiger charge is 2.59. The summed E-state index contributed by atoms with van der Waals surface area (Å²) in [5.74, 6) is -0.632. The molecule has 0 bridgehead atoms. The molecule has 6 heteroatoms. The summed E-state index contributed by atoms with van der Waals surface area (Å²) in [5, 5.41) is 0. The van der Waals surface area contributed by atoms with Crippen LogP contribution in [0.4, 0.5) is 0 Å². The smallest absolute Gasteiger partial charge is 0.339 e. The summed E-state index contributed by atoms with van der Waals surface area (Å²) >= 11 is 0. The summed E-state index contributed by atoms with van der Waals surface area (Å²) < 4.78 is 16.1. The zero-order valence-corrected chi connectivity index (χ0v) is 20.8. The predicted octanol–water partition coefficient (Wildman–Crippen LogP) is 5.19. The number of rotatable bonds is 9. The Morgan fingerprint density at radius 2 is 1.29 bits per heavy atom. The van der Waals surface area contributed by atoms with Crippen molar-refractivity contribution in [2.45, 2.75) is 26.3 Å². The molecule has 0 aliphatic heterocycles. The number of methoxy groups -OCH3 is 2. The Kier molecular flexibility index (Phi) is 8.07. The van der Waals surface area contributed by atoms with Gasteiger partial charge in [-0.2, -0.15) is 0 Å². The number of benzene rings is 3. The van der Waals surface area contributed by atoms with Gasteiger partial charge in [0.15, 0.2) is 5.54 Å². The second-order valence-corrected chi connectivity index (χ2v) is 8.47. The van der Waals surface area contributed by atoms with Crippen molar-refractivity contribution in [2.75, 3.05) is 20.8 Å². The lowest BCUT2D eigenvalue weighted by Crippen LogP contribution is -2.53. The third-order valence-corrected chi connectivity index (χ3v) is 6.05. The quantitative estimate of drug-likeness (QED) is 0.316. The molecule has 35 heavy (non-hydrogen) atoms. The van der Waals surface area contributed by atoms with Gasteiger partial charge in [0.25, 0.3) is 0 Å². The first-order valence-electron chi connectivity index (χ1n) is 11.4. The largest absolute Gasteiger partial charge is 0.497 e. The molecule has 3 rings (SSSR count). The number of carbonyl (C=O) groups excluding carboxylic acids is 2. The minimum Gasteiger partial charge on any atom is -0.497 e. The number of hydrogen-bond acceptors (Lipinski definition) is 6. The normalized spacial score (nSPS) is 12.7. The Morgan fingerprint density at radius 3 is 1.71 bits per heavy atom. The van der Waals surface area contributed by atoms with E-state index in [1.165, 1.54) is 7.11 Å². The zero-order chi connectivity index (χ0) is 25.5. The average Bonchev–Trinajstić information content (AvgIpc) is 2.90. The summed E-state index contributed by atoms with van der Waals surface area (Å²) in [7, 11) is 2.86. The molecule has 0 saturated heterocycles. The van der Waals surface area contributed by atoms with Crippen molar-refractivity contribution in [1.82, 2.24) is 0 Å². The Balaban J connectivity index is 2.45.